The second-order valence-corrected chi connectivity index (χ2v) is 9.47. The highest BCUT2D eigenvalue weighted by Gasteiger charge is 2.22. The molecule has 1 heterocycles. The van der Waals surface area contributed by atoms with Gasteiger partial charge in [0.25, 0.3) is 0 Å². The van der Waals surface area contributed by atoms with Crippen LogP contribution in [0.2, 0.25) is 0 Å². The van der Waals surface area contributed by atoms with E-state index < -0.39 is 11.7 Å². The van der Waals surface area contributed by atoms with E-state index in [-0.39, 0.29) is 18.6 Å². The molecule has 172 valence electrons. The average Bonchev–Trinajstić information content (AvgIpc) is 2.83. The number of alkyl halides is 1. The molecule has 0 amide bonds. The lowest BCUT2D eigenvalue weighted by atomic mass is 9.93. The Hall–Kier alpha value is -2.84. The van der Waals surface area contributed by atoms with E-state index in [1.165, 1.54) is 18.3 Å². The Kier molecular flexibility index (Phi) is 6.76. The lowest BCUT2D eigenvalue weighted by molar-refractivity contribution is 0.115. The van der Waals surface area contributed by atoms with Crippen molar-refractivity contribution < 1.29 is 19.3 Å². The lowest BCUT2D eigenvalue weighted by Crippen LogP contribution is -2.47. The van der Waals surface area contributed by atoms with Gasteiger partial charge in [0.05, 0.1) is 18.8 Å². The predicted octanol–water partition coefficient (Wildman–Crippen LogP) is 4.85. The van der Waals surface area contributed by atoms with E-state index in [9.17, 15) is 19.4 Å². The molecular weight excluding hydrogens is 441 g/mol. The first-order valence-corrected chi connectivity index (χ1v) is 11.6. The standard InChI is InChI=1S/C26H26FNO4S/c1-16(27)18-3-2-4-19(12-18)32-20-6-7-21-24(13-20)33-23-8-5-17(11-22(23)25(21)31)9-10-26(28,14-29)15-30/h2-8,11-13,16,29-30H,9-10,14-15,28H2,1H3. The number of benzene rings is 3. The summed E-state index contributed by atoms with van der Waals surface area (Å²) in [6, 6.07) is 17.9. The summed E-state index contributed by atoms with van der Waals surface area (Å²) in [5, 5.41) is 20.0. The maximum atomic E-state index is 13.6. The summed E-state index contributed by atoms with van der Waals surface area (Å²) in [5.41, 5.74) is 6.32. The largest absolute Gasteiger partial charge is 0.457 e. The quantitative estimate of drug-likeness (QED) is 0.322. The molecule has 1 unspecified atom stereocenters. The number of nitrogens with two attached hydrogens (primary N) is 1. The van der Waals surface area contributed by atoms with Crippen molar-refractivity contribution in [2.75, 3.05) is 13.2 Å². The van der Waals surface area contributed by atoms with Gasteiger partial charge in [-0.25, -0.2) is 4.39 Å². The molecule has 5 nitrogen and oxygen atoms in total. The molecule has 4 N–H and O–H groups in total. The van der Waals surface area contributed by atoms with Gasteiger partial charge in [-0.1, -0.05) is 18.2 Å². The van der Waals surface area contributed by atoms with Crippen LogP contribution in [-0.2, 0) is 6.42 Å². The number of aliphatic hydroxyl groups excluding tert-OH is 2. The second kappa shape index (κ2) is 9.57. The number of halogens is 1. The number of ether oxygens (including phenoxy) is 1. The van der Waals surface area contributed by atoms with Gasteiger partial charge in [-0.3, -0.25) is 4.79 Å². The van der Waals surface area contributed by atoms with Crippen LogP contribution in [0.1, 0.15) is 30.6 Å². The topological polar surface area (TPSA) is 92.8 Å². The van der Waals surface area contributed by atoms with Gasteiger partial charge in [0.1, 0.15) is 17.7 Å². The van der Waals surface area contributed by atoms with E-state index in [1.54, 1.807) is 36.4 Å². The van der Waals surface area contributed by atoms with Gasteiger partial charge < -0.3 is 20.7 Å². The Morgan fingerprint density at radius 2 is 1.76 bits per heavy atom. The van der Waals surface area contributed by atoms with Crippen LogP contribution in [0, 0.1) is 0 Å². The number of aryl methyl sites for hydroxylation is 1. The monoisotopic (exact) mass is 467 g/mol. The Labute approximate surface area is 194 Å². The molecule has 0 spiro atoms. The van der Waals surface area contributed by atoms with Gasteiger partial charge in [-0.15, -0.1) is 11.3 Å². The highest BCUT2D eigenvalue weighted by atomic mass is 32.1. The van der Waals surface area contributed by atoms with E-state index in [0.717, 1.165) is 15.0 Å². The first-order valence-electron chi connectivity index (χ1n) is 10.7. The molecular formula is C26H26FNO4S. The van der Waals surface area contributed by atoms with Crippen LogP contribution >= 0.6 is 11.3 Å². The van der Waals surface area contributed by atoms with Crippen LogP contribution in [0.15, 0.2) is 65.5 Å². The van der Waals surface area contributed by atoms with E-state index in [2.05, 4.69) is 0 Å². The highest BCUT2D eigenvalue weighted by molar-refractivity contribution is 7.24. The van der Waals surface area contributed by atoms with Gasteiger partial charge in [0, 0.05) is 20.2 Å². The molecule has 4 aromatic rings. The minimum absolute atomic E-state index is 0.0660. The van der Waals surface area contributed by atoms with Gasteiger partial charge >= 0.3 is 0 Å². The zero-order chi connectivity index (χ0) is 23.6. The average molecular weight is 468 g/mol. The summed E-state index contributed by atoms with van der Waals surface area (Å²) in [6.07, 6.45) is -0.140. The first-order chi connectivity index (χ1) is 15.8. The molecule has 3 aromatic carbocycles. The number of fused-ring (bicyclic) bond motifs is 2. The molecule has 4 rings (SSSR count). The predicted molar refractivity (Wildman–Crippen MR) is 131 cm³/mol. The zero-order valence-electron chi connectivity index (χ0n) is 18.3. The third kappa shape index (κ3) is 5.07. The van der Waals surface area contributed by atoms with Crippen molar-refractivity contribution in [1.29, 1.82) is 0 Å². The van der Waals surface area contributed by atoms with Crippen molar-refractivity contribution in [3.8, 4) is 11.5 Å². The fourth-order valence-corrected chi connectivity index (χ4v) is 4.74. The molecule has 0 aliphatic rings. The van der Waals surface area contributed by atoms with Crippen LogP contribution in [0.4, 0.5) is 4.39 Å². The molecule has 0 radical (unpaired) electrons. The Balaban J connectivity index is 1.64. The van der Waals surface area contributed by atoms with Crippen LogP contribution < -0.4 is 15.9 Å². The maximum Gasteiger partial charge on any atom is 0.195 e. The summed E-state index contributed by atoms with van der Waals surface area (Å²) in [4.78, 5) is 13.2. The van der Waals surface area contributed by atoms with E-state index >= 15 is 0 Å². The second-order valence-electron chi connectivity index (χ2n) is 8.39. The molecule has 7 heteroatoms. The minimum atomic E-state index is -1.08. The van der Waals surface area contributed by atoms with Gasteiger partial charge in [0.15, 0.2) is 5.43 Å². The van der Waals surface area contributed by atoms with Crippen molar-refractivity contribution in [2.24, 2.45) is 5.73 Å². The van der Waals surface area contributed by atoms with Gasteiger partial charge in [-0.05, 0) is 73.4 Å². The number of rotatable bonds is 8. The van der Waals surface area contributed by atoms with Crippen molar-refractivity contribution in [1.82, 2.24) is 0 Å². The molecule has 0 aliphatic carbocycles. The number of hydrogen-bond donors (Lipinski definition) is 3. The normalized spacial score (nSPS) is 12.9. The van der Waals surface area contributed by atoms with Crippen LogP contribution in [0.3, 0.4) is 0 Å². The molecule has 0 saturated heterocycles. The fraction of sp³-hybridized carbons (Fsp3) is 0.269. The van der Waals surface area contributed by atoms with Crippen molar-refractivity contribution in [3.63, 3.8) is 0 Å². The van der Waals surface area contributed by atoms with Crippen LogP contribution in [0.25, 0.3) is 20.2 Å². The SMILES string of the molecule is CC(F)c1cccc(Oc2ccc3c(=O)c4cc(CCC(N)(CO)CO)ccc4sc3c2)c1. The van der Waals surface area contributed by atoms with E-state index in [0.29, 0.717) is 40.7 Å². The van der Waals surface area contributed by atoms with Crippen molar-refractivity contribution >= 4 is 31.5 Å². The van der Waals surface area contributed by atoms with Crippen LogP contribution in [-0.4, -0.2) is 29.0 Å². The zero-order valence-corrected chi connectivity index (χ0v) is 19.1. The van der Waals surface area contributed by atoms with E-state index in [1.807, 2.05) is 24.3 Å². The third-order valence-electron chi connectivity index (χ3n) is 5.80. The Morgan fingerprint density at radius 1 is 1.00 bits per heavy atom. The highest BCUT2D eigenvalue weighted by Crippen LogP contribution is 2.31. The molecule has 0 saturated carbocycles. The maximum absolute atomic E-state index is 13.6. The minimum Gasteiger partial charge on any atom is -0.457 e. The number of aliphatic hydroxyl groups is 2. The Morgan fingerprint density at radius 3 is 2.48 bits per heavy atom. The molecule has 1 aromatic heterocycles. The molecule has 0 fully saturated rings. The lowest BCUT2D eigenvalue weighted by Gasteiger charge is -2.24. The Bertz CT molecular complexity index is 1350. The smallest absolute Gasteiger partial charge is 0.195 e. The first kappa shape index (κ1) is 23.3. The summed E-state index contributed by atoms with van der Waals surface area (Å²) >= 11 is 1.49. The van der Waals surface area contributed by atoms with E-state index in [4.69, 9.17) is 10.5 Å². The fourth-order valence-electron chi connectivity index (χ4n) is 3.66. The summed E-state index contributed by atoms with van der Waals surface area (Å²) < 4.78 is 21.2. The molecule has 0 aliphatic heterocycles. The van der Waals surface area contributed by atoms with Gasteiger partial charge in [0.2, 0.25) is 0 Å². The molecule has 0 bridgehead atoms. The number of hydrogen-bond acceptors (Lipinski definition) is 6. The third-order valence-corrected chi connectivity index (χ3v) is 6.93. The molecule has 33 heavy (non-hydrogen) atoms. The van der Waals surface area contributed by atoms with Crippen molar-refractivity contribution in [3.05, 3.63) is 82.0 Å². The van der Waals surface area contributed by atoms with Crippen LogP contribution in [0.5, 0.6) is 11.5 Å². The summed E-state index contributed by atoms with van der Waals surface area (Å²) in [6.45, 7) is 0.866. The van der Waals surface area contributed by atoms with Crippen molar-refractivity contribution in [2.45, 2.75) is 31.5 Å². The summed E-state index contributed by atoms with van der Waals surface area (Å²) in [5.74, 6) is 1.11. The summed E-state index contributed by atoms with van der Waals surface area (Å²) in [7, 11) is 0. The molecule has 1 atom stereocenters. The van der Waals surface area contributed by atoms with Gasteiger partial charge in [-0.2, -0.15) is 0 Å².